The second-order valence-corrected chi connectivity index (χ2v) is 5.17. The summed E-state index contributed by atoms with van der Waals surface area (Å²) < 4.78 is 0. The van der Waals surface area contributed by atoms with Crippen LogP contribution in [0.2, 0.25) is 0 Å². The van der Waals surface area contributed by atoms with Gasteiger partial charge in [0.2, 0.25) is 0 Å². The molecular formula is C14H16O4S. The Bertz CT molecular complexity index is 453. The maximum Gasteiger partial charge on any atom is 0.185 e. The van der Waals surface area contributed by atoms with Gasteiger partial charge in [-0.25, -0.2) is 0 Å². The third kappa shape index (κ3) is 5.38. The van der Waals surface area contributed by atoms with E-state index in [2.05, 4.69) is 0 Å². The van der Waals surface area contributed by atoms with Crippen LogP contribution in [-0.4, -0.2) is 33.5 Å². The van der Waals surface area contributed by atoms with Crippen molar-refractivity contribution in [2.24, 2.45) is 0 Å². The number of thioether (sulfide) groups is 1. The molecule has 0 radical (unpaired) electrons. The minimum Gasteiger partial charge on any atom is -0.389 e. The Labute approximate surface area is 116 Å². The second-order valence-electron chi connectivity index (χ2n) is 3.98. The van der Waals surface area contributed by atoms with Crippen molar-refractivity contribution in [2.75, 3.05) is 5.75 Å². The Balaban J connectivity index is 2.66. The number of hydrogen-bond acceptors (Lipinski definition) is 5. The van der Waals surface area contributed by atoms with Crippen molar-refractivity contribution < 1.29 is 19.8 Å². The molecule has 0 fully saturated rings. The molecule has 1 rings (SSSR count). The normalized spacial score (nSPS) is 14.3. The Morgan fingerprint density at radius 3 is 2.47 bits per heavy atom. The van der Waals surface area contributed by atoms with E-state index in [1.165, 1.54) is 13.0 Å². The standard InChI is InChI=1S/C14H16O4S/c1-10(16)19-9-13(17)14(18)12-6-4-11(5-7-12)3-2-8-15/h2-8,13-14,17-18H,9H2,1H3/b3-2+. The number of allylic oxidation sites excluding steroid dienone is 1. The van der Waals surface area contributed by atoms with E-state index in [0.29, 0.717) is 11.8 Å². The lowest BCUT2D eigenvalue weighted by atomic mass is 10.0. The minimum absolute atomic E-state index is 0.0967. The number of carbonyl (C=O) groups excluding carboxylic acids is 2. The first-order chi connectivity index (χ1) is 9.04. The summed E-state index contributed by atoms with van der Waals surface area (Å²) >= 11 is 0.978. The SMILES string of the molecule is CC(=O)SCC(O)C(O)c1ccc(/C=C/C=O)cc1. The molecule has 0 saturated carbocycles. The number of hydrogen-bond donors (Lipinski definition) is 2. The predicted molar refractivity (Wildman–Crippen MR) is 75.6 cm³/mol. The lowest BCUT2D eigenvalue weighted by Crippen LogP contribution is -2.21. The molecule has 19 heavy (non-hydrogen) atoms. The molecule has 0 aromatic heterocycles. The summed E-state index contributed by atoms with van der Waals surface area (Å²) in [5.74, 6) is 0.156. The first kappa shape index (κ1) is 15.6. The maximum absolute atomic E-state index is 10.8. The van der Waals surface area contributed by atoms with Crippen molar-refractivity contribution in [1.29, 1.82) is 0 Å². The van der Waals surface area contributed by atoms with Gasteiger partial charge in [0.15, 0.2) is 5.12 Å². The fraction of sp³-hybridized carbons (Fsp3) is 0.286. The summed E-state index contributed by atoms with van der Waals surface area (Å²) in [7, 11) is 0. The van der Waals surface area contributed by atoms with Gasteiger partial charge in [0.05, 0.1) is 6.10 Å². The Kier molecular flexibility index (Phi) is 6.49. The van der Waals surface area contributed by atoms with Crippen LogP contribution in [0.25, 0.3) is 6.08 Å². The van der Waals surface area contributed by atoms with Gasteiger partial charge in [0.25, 0.3) is 0 Å². The molecule has 2 atom stereocenters. The molecule has 0 aliphatic heterocycles. The van der Waals surface area contributed by atoms with Gasteiger partial charge >= 0.3 is 0 Å². The Hall–Kier alpha value is -1.43. The van der Waals surface area contributed by atoms with Crippen LogP contribution in [0.4, 0.5) is 0 Å². The molecule has 0 amide bonds. The molecule has 0 spiro atoms. The molecule has 2 unspecified atom stereocenters. The van der Waals surface area contributed by atoms with Gasteiger partial charge in [-0.15, -0.1) is 0 Å². The molecule has 5 heteroatoms. The molecule has 4 nitrogen and oxygen atoms in total. The van der Waals surface area contributed by atoms with Gasteiger partial charge in [-0.1, -0.05) is 42.1 Å². The average molecular weight is 280 g/mol. The third-order valence-electron chi connectivity index (χ3n) is 2.47. The lowest BCUT2D eigenvalue weighted by Gasteiger charge is -2.17. The lowest BCUT2D eigenvalue weighted by molar-refractivity contribution is -0.109. The first-order valence-electron chi connectivity index (χ1n) is 5.76. The molecule has 0 aliphatic carbocycles. The molecule has 1 aromatic rings. The third-order valence-corrected chi connectivity index (χ3v) is 3.38. The summed E-state index contributed by atoms with van der Waals surface area (Å²) in [4.78, 5) is 21.0. The first-order valence-corrected chi connectivity index (χ1v) is 6.74. The minimum atomic E-state index is -1.03. The topological polar surface area (TPSA) is 74.6 Å². The second kappa shape index (κ2) is 7.89. The highest BCUT2D eigenvalue weighted by molar-refractivity contribution is 8.13. The van der Waals surface area contributed by atoms with Crippen LogP contribution in [0.15, 0.2) is 30.3 Å². The van der Waals surface area contributed by atoms with Crippen molar-refractivity contribution in [1.82, 2.24) is 0 Å². The van der Waals surface area contributed by atoms with Gasteiger partial charge < -0.3 is 10.2 Å². The largest absolute Gasteiger partial charge is 0.389 e. The van der Waals surface area contributed by atoms with Gasteiger partial charge in [0.1, 0.15) is 12.4 Å². The summed E-state index contributed by atoms with van der Waals surface area (Å²) in [6.45, 7) is 1.41. The van der Waals surface area contributed by atoms with Crippen LogP contribution >= 0.6 is 11.8 Å². The number of aliphatic hydroxyl groups excluding tert-OH is 2. The average Bonchev–Trinajstić information content (AvgIpc) is 2.42. The zero-order chi connectivity index (χ0) is 14.3. The summed E-state index contributed by atoms with van der Waals surface area (Å²) in [5, 5.41) is 19.6. The van der Waals surface area contributed by atoms with E-state index < -0.39 is 12.2 Å². The summed E-state index contributed by atoms with van der Waals surface area (Å²) in [6, 6.07) is 6.83. The molecule has 2 N–H and O–H groups in total. The molecule has 0 heterocycles. The fourth-order valence-electron chi connectivity index (χ4n) is 1.47. The number of rotatable bonds is 6. The monoisotopic (exact) mass is 280 g/mol. The van der Waals surface area contributed by atoms with E-state index in [4.69, 9.17) is 0 Å². The van der Waals surface area contributed by atoms with Crippen molar-refractivity contribution in [3.63, 3.8) is 0 Å². The quantitative estimate of drug-likeness (QED) is 0.611. The molecule has 0 aliphatic rings. The van der Waals surface area contributed by atoms with E-state index in [9.17, 15) is 19.8 Å². The van der Waals surface area contributed by atoms with Gasteiger partial charge in [0, 0.05) is 12.7 Å². The highest BCUT2D eigenvalue weighted by Crippen LogP contribution is 2.20. The molecule has 102 valence electrons. The Morgan fingerprint density at radius 2 is 1.95 bits per heavy atom. The maximum atomic E-state index is 10.8. The summed E-state index contributed by atoms with van der Waals surface area (Å²) in [6.07, 6.45) is 1.68. The van der Waals surface area contributed by atoms with Crippen LogP contribution in [0, 0.1) is 0 Å². The van der Waals surface area contributed by atoms with Crippen LogP contribution in [-0.2, 0) is 9.59 Å². The van der Waals surface area contributed by atoms with E-state index in [1.54, 1.807) is 30.3 Å². The van der Waals surface area contributed by atoms with E-state index in [-0.39, 0.29) is 10.9 Å². The van der Waals surface area contributed by atoms with Gasteiger partial charge in [-0.3, -0.25) is 9.59 Å². The van der Waals surface area contributed by atoms with E-state index in [0.717, 1.165) is 17.3 Å². The van der Waals surface area contributed by atoms with E-state index in [1.807, 2.05) is 0 Å². The number of aldehydes is 1. The van der Waals surface area contributed by atoms with Crippen molar-refractivity contribution in [3.8, 4) is 0 Å². The predicted octanol–water partition coefficient (Wildman–Crippen LogP) is 1.57. The van der Waals surface area contributed by atoms with Gasteiger partial charge in [-0.05, 0) is 17.2 Å². The fourth-order valence-corrected chi connectivity index (χ4v) is 2.06. The molecule has 1 aromatic carbocycles. The van der Waals surface area contributed by atoms with Crippen molar-refractivity contribution in [3.05, 3.63) is 41.5 Å². The van der Waals surface area contributed by atoms with Crippen LogP contribution in [0.5, 0.6) is 0 Å². The smallest absolute Gasteiger partial charge is 0.185 e. The van der Waals surface area contributed by atoms with E-state index >= 15 is 0 Å². The zero-order valence-corrected chi connectivity index (χ0v) is 11.3. The van der Waals surface area contributed by atoms with Crippen LogP contribution < -0.4 is 0 Å². The number of carbonyl (C=O) groups is 2. The van der Waals surface area contributed by atoms with Crippen molar-refractivity contribution >= 4 is 29.2 Å². The van der Waals surface area contributed by atoms with Gasteiger partial charge in [-0.2, -0.15) is 0 Å². The number of benzene rings is 1. The summed E-state index contributed by atoms with van der Waals surface area (Å²) in [5.41, 5.74) is 1.40. The number of aliphatic hydroxyl groups is 2. The highest BCUT2D eigenvalue weighted by Gasteiger charge is 2.18. The zero-order valence-electron chi connectivity index (χ0n) is 10.5. The van der Waals surface area contributed by atoms with Crippen LogP contribution in [0.1, 0.15) is 24.2 Å². The molecule has 0 bridgehead atoms. The molecular weight excluding hydrogens is 264 g/mol. The van der Waals surface area contributed by atoms with Crippen LogP contribution in [0.3, 0.4) is 0 Å². The molecule has 0 saturated heterocycles. The van der Waals surface area contributed by atoms with Crippen molar-refractivity contribution in [2.45, 2.75) is 19.1 Å². The Morgan fingerprint density at radius 1 is 1.32 bits per heavy atom. The highest BCUT2D eigenvalue weighted by atomic mass is 32.2.